The number of carbonyl (C=O) groups excluding carboxylic acids is 2. The van der Waals surface area contributed by atoms with E-state index in [0.717, 1.165) is 5.56 Å². The van der Waals surface area contributed by atoms with Crippen molar-refractivity contribution in [2.75, 3.05) is 6.61 Å². The minimum Gasteiger partial charge on any atom is -0.483 e. The molecule has 3 aromatic carbocycles. The number of amides is 1. The predicted octanol–water partition coefficient (Wildman–Crippen LogP) is 5.05. The zero-order valence-electron chi connectivity index (χ0n) is 16.5. The van der Waals surface area contributed by atoms with Crippen LogP contribution in [0, 0.1) is 6.92 Å². The Balaban J connectivity index is 1.55. The van der Waals surface area contributed by atoms with E-state index in [2.05, 4.69) is 10.5 Å². The maximum Gasteiger partial charge on any atom is 0.345 e. The molecule has 1 N–H and O–H groups in total. The second-order valence-electron chi connectivity index (χ2n) is 6.43. The van der Waals surface area contributed by atoms with Crippen LogP contribution in [0.3, 0.4) is 0 Å². The Morgan fingerprint density at radius 3 is 2.61 bits per heavy atom. The van der Waals surface area contributed by atoms with Gasteiger partial charge in [-0.3, -0.25) is 4.79 Å². The molecule has 0 saturated carbocycles. The molecule has 0 radical (unpaired) electrons. The molecule has 0 heterocycles. The van der Waals surface area contributed by atoms with Crippen molar-refractivity contribution in [3.8, 4) is 11.5 Å². The van der Waals surface area contributed by atoms with Crippen molar-refractivity contribution in [1.29, 1.82) is 0 Å². The largest absolute Gasteiger partial charge is 0.483 e. The topological polar surface area (TPSA) is 77.0 Å². The summed E-state index contributed by atoms with van der Waals surface area (Å²) in [7, 11) is 0. The van der Waals surface area contributed by atoms with Crippen molar-refractivity contribution in [3.05, 3.63) is 93.5 Å². The molecule has 6 nitrogen and oxygen atoms in total. The number of carbonyl (C=O) groups is 2. The van der Waals surface area contributed by atoms with Gasteiger partial charge in [-0.15, -0.1) is 0 Å². The molecule has 0 aromatic heterocycles. The van der Waals surface area contributed by atoms with E-state index in [1.165, 1.54) is 18.3 Å². The van der Waals surface area contributed by atoms with Gasteiger partial charge in [-0.1, -0.05) is 53.5 Å². The van der Waals surface area contributed by atoms with Crippen LogP contribution in [-0.4, -0.2) is 24.7 Å². The van der Waals surface area contributed by atoms with Gasteiger partial charge in [-0.05, 0) is 54.4 Å². The molecule has 0 spiro atoms. The summed E-state index contributed by atoms with van der Waals surface area (Å²) in [6.45, 7) is 1.73. The number of hydrazone groups is 1. The van der Waals surface area contributed by atoms with E-state index in [-0.39, 0.29) is 17.2 Å². The number of ether oxygens (including phenoxy) is 2. The van der Waals surface area contributed by atoms with Crippen LogP contribution in [0.25, 0.3) is 0 Å². The Hall–Kier alpha value is -3.35. The summed E-state index contributed by atoms with van der Waals surface area (Å²) >= 11 is 11.9. The molecule has 8 heteroatoms. The Labute approximate surface area is 189 Å². The molecule has 0 unspecified atom stereocenters. The molecular formula is C23H18Cl2N2O4. The summed E-state index contributed by atoms with van der Waals surface area (Å²) in [5.74, 6) is -0.0806. The summed E-state index contributed by atoms with van der Waals surface area (Å²) < 4.78 is 10.8. The molecule has 158 valence electrons. The highest BCUT2D eigenvalue weighted by Gasteiger charge is 2.13. The van der Waals surface area contributed by atoms with E-state index in [1.54, 1.807) is 36.4 Å². The smallest absolute Gasteiger partial charge is 0.345 e. The fraction of sp³-hybridized carbons (Fsp3) is 0.0870. The first-order valence-electron chi connectivity index (χ1n) is 9.20. The first kappa shape index (κ1) is 22.3. The van der Waals surface area contributed by atoms with Gasteiger partial charge in [0.1, 0.15) is 11.5 Å². The first-order valence-corrected chi connectivity index (χ1v) is 9.95. The molecular weight excluding hydrogens is 439 g/mol. The van der Waals surface area contributed by atoms with Gasteiger partial charge in [0.25, 0.3) is 5.91 Å². The number of benzene rings is 3. The van der Waals surface area contributed by atoms with Crippen LogP contribution in [0.4, 0.5) is 0 Å². The highest BCUT2D eigenvalue weighted by molar-refractivity contribution is 6.36. The molecule has 3 aromatic rings. The third kappa shape index (κ3) is 6.57. The normalized spacial score (nSPS) is 10.7. The molecule has 0 atom stereocenters. The van der Waals surface area contributed by atoms with E-state index >= 15 is 0 Å². The van der Waals surface area contributed by atoms with Gasteiger partial charge in [-0.2, -0.15) is 5.10 Å². The van der Waals surface area contributed by atoms with Crippen molar-refractivity contribution in [3.63, 3.8) is 0 Å². The van der Waals surface area contributed by atoms with Gasteiger partial charge in [0.05, 0.1) is 16.8 Å². The van der Waals surface area contributed by atoms with E-state index in [0.29, 0.717) is 22.1 Å². The Morgan fingerprint density at radius 1 is 1.03 bits per heavy atom. The lowest BCUT2D eigenvalue weighted by molar-refractivity contribution is -0.123. The third-order valence-electron chi connectivity index (χ3n) is 4.07. The van der Waals surface area contributed by atoms with Gasteiger partial charge < -0.3 is 9.47 Å². The zero-order chi connectivity index (χ0) is 22.2. The second-order valence-corrected chi connectivity index (χ2v) is 7.28. The van der Waals surface area contributed by atoms with Gasteiger partial charge in [0, 0.05) is 5.02 Å². The van der Waals surface area contributed by atoms with Crippen molar-refractivity contribution >= 4 is 41.3 Å². The summed E-state index contributed by atoms with van der Waals surface area (Å²) in [5, 5.41) is 4.52. The SMILES string of the molecule is Cc1ccccc1OCC(=O)N/N=C/c1cccc(OC(=O)c2ccc(Cl)cc2Cl)c1. The molecule has 3 rings (SSSR count). The molecule has 0 aliphatic rings. The average molecular weight is 457 g/mol. The number of para-hydroxylation sites is 1. The number of nitrogens with one attached hydrogen (secondary N) is 1. The number of hydrogen-bond donors (Lipinski definition) is 1. The third-order valence-corrected chi connectivity index (χ3v) is 4.62. The van der Waals surface area contributed by atoms with Crippen LogP contribution in [-0.2, 0) is 4.79 Å². The minimum absolute atomic E-state index is 0.165. The lowest BCUT2D eigenvalue weighted by Gasteiger charge is -2.07. The van der Waals surface area contributed by atoms with E-state index in [1.807, 2.05) is 25.1 Å². The van der Waals surface area contributed by atoms with Crippen LogP contribution in [0.15, 0.2) is 71.8 Å². The molecule has 0 saturated heterocycles. The molecule has 0 fully saturated rings. The Kier molecular flexibility index (Phi) is 7.65. The lowest BCUT2D eigenvalue weighted by Crippen LogP contribution is -2.24. The van der Waals surface area contributed by atoms with Crippen LogP contribution < -0.4 is 14.9 Å². The maximum absolute atomic E-state index is 12.3. The number of hydrogen-bond acceptors (Lipinski definition) is 5. The fourth-order valence-corrected chi connectivity index (χ4v) is 3.03. The maximum atomic E-state index is 12.3. The summed E-state index contributed by atoms with van der Waals surface area (Å²) in [4.78, 5) is 24.2. The summed E-state index contributed by atoms with van der Waals surface area (Å²) in [6, 6.07) is 18.6. The number of nitrogens with zero attached hydrogens (tertiary/aromatic N) is 1. The van der Waals surface area contributed by atoms with Crippen molar-refractivity contribution < 1.29 is 19.1 Å². The standard InChI is InChI=1S/C23H18Cl2N2O4/c1-15-5-2-3-8-21(15)30-14-22(28)27-26-13-16-6-4-7-18(11-16)31-23(29)19-10-9-17(24)12-20(19)25/h2-13H,14H2,1H3,(H,27,28)/b26-13+. The fourth-order valence-electron chi connectivity index (χ4n) is 2.55. The lowest BCUT2D eigenvalue weighted by atomic mass is 10.2. The second kappa shape index (κ2) is 10.6. The van der Waals surface area contributed by atoms with Gasteiger partial charge in [0.2, 0.25) is 0 Å². The minimum atomic E-state index is -0.614. The van der Waals surface area contributed by atoms with Gasteiger partial charge >= 0.3 is 5.97 Å². The van der Waals surface area contributed by atoms with Crippen LogP contribution in [0.1, 0.15) is 21.5 Å². The predicted molar refractivity (Wildman–Crippen MR) is 120 cm³/mol. The van der Waals surface area contributed by atoms with Crippen molar-refractivity contribution in [2.45, 2.75) is 6.92 Å². The number of halogens is 2. The highest BCUT2D eigenvalue weighted by atomic mass is 35.5. The molecule has 31 heavy (non-hydrogen) atoms. The average Bonchev–Trinajstić information content (AvgIpc) is 2.73. The van der Waals surface area contributed by atoms with Crippen molar-refractivity contribution in [1.82, 2.24) is 5.43 Å². The monoisotopic (exact) mass is 456 g/mol. The van der Waals surface area contributed by atoms with Crippen LogP contribution in [0.5, 0.6) is 11.5 Å². The zero-order valence-corrected chi connectivity index (χ0v) is 18.0. The van der Waals surface area contributed by atoms with E-state index < -0.39 is 11.9 Å². The molecule has 1 amide bonds. The van der Waals surface area contributed by atoms with Crippen LogP contribution >= 0.6 is 23.2 Å². The number of aryl methyl sites for hydroxylation is 1. The number of esters is 1. The quantitative estimate of drug-likeness (QED) is 0.233. The molecule has 0 aliphatic carbocycles. The highest BCUT2D eigenvalue weighted by Crippen LogP contribution is 2.23. The Bertz CT molecular complexity index is 1130. The van der Waals surface area contributed by atoms with Gasteiger partial charge in [0.15, 0.2) is 6.61 Å². The molecule has 0 bridgehead atoms. The van der Waals surface area contributed by atoms with E-state index in [4.69, 9.17) is 32.7 Å². The first-order chi connectivity index (χ1) is 14.9. The summed E-state index contributed by atoms with van der Waals surface area (Å²) in [5.41, 5.74) is 4.14. The summed E-state index contributed by atoms with van der Waals surface area (Å²) in [6.07, 6.45) is 1.43. The number of rotatable bonds is 7. The van der Waals surface area contributed by atoms with Crippen LogP contribution in [0.2, 0.25) is 10.0 Å². The molecule has 0 aliphatic heterocycles. The van der Waals surface area contributed by atoms with E-state index in [9.17, 15) is 9.59 Å². The van der Waals surface area contributed by atoms with Crippen molar-refractivity contribution in [2.24, 2.45) is 5.10 Å². The Morgan fingerprint density at radius 2 is 1.84 bits per heavy atom. The van der Waals surface area contributed by atoms with Gasteiger partial charge in [-0.25, -0.2) is 10.2 Å².